The lowest BCUT2D eigenvalue weighted by molar-refractivity contribution is -0.127. The standard InChI is InChI=1S/C17H20N6OS/c1-12-11-25-16(21-12)13(10-18)14-5-7-20-17(22-14)19-6-3-9-23-8-2-4-15(23)24/h5,7,11,21H,2-4,6,8-9H2,1H3,(H,19,20,22)/b16-13+. The SMILES string of the molecule is CC1=CS/C(=C(\C#N)c2ccnc(NCCCN3CCCC3=O)n2)N1. The van der Waals surface area contributed by atoms with Crippen LogP contribution in [-0.4, -0.2) is 40.4 Å². The fourth-order valence-corrected chi connectivity index (χ4v) is 3.57. The maximum absolute atomic E-state index is 11.6. The van der Waals surface area contributed by atoms with Crippen molar-refractivity contribution in [2.45, 2.75) is 26.2 Å². The van der Waals surface area contributed by atoms with Gasteiger partial charge in [0, 0.05) is 37.9 Å². The van der Waals surface area contributed by atoms with Crippen LogP contribution in [0.2, 0.25) is 0 Å². The molecule has 0 atom stereocenters. The maximum atomic E-state index is 11.6. The number of allylic oxidation sites excluding steroid dienone is 2. The van der Waals surface area contributed by atoms with Crippen molar-refractivity contribution in [3.8, 4) is 6.07 Å². The van der Waals surface area contributed by atoms with Gasteiger partial charge in [0.25, 0.3) is 0 Å². The number of nitrogens with zero attached hydrogens (tertiary/aromatic N) is 4. The van der Waals surface area contributed by atoms with Gasteiger partial charge in [-0.05, 0) is 31.2 Å². The normalized spacial score (nSPS) is 18.6. The van der Waals surface area contributed by atoms with Crippen LogP contribution in [0.15, 0.2) is 28.4 Å². The molecule has 1 fully saturated rings. The minimum absolute atomic E-state index is 0.244. The number of carbonyl (C=O) groups excluding carboxylic acids is 1. The van der Waals surface area contributed by atoms with Crippen molar-refractivity contribution >= 4 is 29.2 Å². The van der Waals surface area contributed by atoms with E-state index < -0.39 is 0 Å². The summed E-state index contributed by atoms with van der Waals surface area (Å²) in [7, 11) is 0. The van der Waals surface area contributed by atoms with Crippen LogP contribution in [0.4, 0.5) is 5.95 Å². The second kappa shape index (κ2) is 8.03. The Morgan fingerprint density at radius 3 is 3.12 bits per heavy atom. The molecule has 3 heterocycles. The van der Waals surface area contributed by atoms with E-state index in [0.717, 1.165) is 36.7 Å². The molecule has 0 aliphatic carbocycles. The summed E-state index contributed by atoms with van der Waals surface area (Å²) in [5.74, 6) is 0.736. The predicted molar refractivity (Wildman–Crippen MR) is 98.0 cm³/mol. The Kier molecular flexibility index (Phi) is 5.56. The van der Waals surface area contributed by atoms with Gasteiger partial charge in [-0.2, -0.15) is 5.26 Å². The van der Waals surface area contributed by atoms with Gasteiger partial charge in [0.2, 0.25) is 11.9 Å². The molecule has 3 rings (SSSR count). The molecule has 0 unspecified atom stereocenters. The third-order valence-electron chi connectivity index (χ3n) is 3.97. The first-order chi connectivity index (χ1) is 12.2. The van der Waals surface area contributed by atoms with Crippen molar-refractivity contribution in [2.24, 2.45) is 0 Å². The molecule has 1 amide bonds. The smallest absolute Gasteiger partial charge is 0.223 e. The predicted octanol–water partition coefficient (Wildman–Crippen LogP) is 2.29. The van der Waals surface area contributed by atoms with Crippen molar-refractivity contribution in [3.05, 3.63) is 34.1 Å². The maximum Gasteiger partial charge on any atom is 0.223 e. The highest BCUT2D eigenvalue weighted by molar-refractivity contribution is 8.06. The molecule has 0 radical (unpaired) electrons. The van der Waals surface area contributed by atoms with Crippen molar-refractivity contribution in [1.29, 1.82) is 5.26 Å². The number of carbonyl (C=O) groups is 1. The minimum Gasteiger partial charge on any atom is -0.354 e. The van der Waals surface area contributed by atoms with Crippen LogP contribution in [0.3, 0.4) is 0 Å². The van der Waals surface area contributed by atoms with Gasteiger partial charge < -0.3 is 15.5 Å². The molecule has 2 N–H and O–H groups in total. The van der Waals surface area contributed by atoms with Crippen LogP contribution in [0.1, 0.15) is 31.9 Å². The number of hydrogen-bond donors (Lipinski definition) is 2. The molecule has 0 saturated carbocycles. The monoisotopic (exact) mass is 356 g/mol. The van der Waals surface area contributed by atoms with Crippen LogP contribution in [0, 0.1) is 11.3 Å². The van der Waals surface area contributed by atoms with Gasteiger partial charge in [-0.1, -0.05) is 11.8 Å². The number of nitriles is 1. The summed E-state index contributed by atoms with van der Waals surface area (Å²) in [4.78, 5) is 22.1. The molecule has 130 valence electrons. The van der Waals surface area contributed by atoms with E-state index in [1.54, 1.807) is 12.3 Å². The van der Waals surface area contributed by atoms with E-state index in [2.05, 4.69) is 26.7 Å². The van der Waals surface area contributed by atoms with Crippen LogP contribution >= 0.6 is 11.8 Å². The fraction of sp³-hybridized carbons (Fsp3) is 0.412. The Hall–Kier alpha value is -2.53. The van der Waals surface area contributed by atoms with Crippen molar-refractivity contribution in [1.82, 2.24) is 20.2 Å². The highest BCUT2D eigenvalue weighted by atomic mass is 32.2. The van der Waals surface area contributed by atoms with E-state index in [-0.39, 0.29) is 5.91 Å². The Morgan fingerprint density at radius 2 is 2.44 bits per heavy atom. The highest BCUT2D eigenvalue weighted by Crippen LogP contribution is 2.30. The summed E-state index contributed by atoms with van der Waals surface area (Å²) < 4.78 is 0. The Bertz CT molecular complexity index is 767. The lowest BCUT2D eigenvalue weighted by Gasteiger charge is -2.15. The number of hydrogen-bond acceptors (Lipinski definition) is 7. The molecular formula is C17H20N6OS. The van der Waals surface area contributed by atoms with Gasteiger partial charge in [-0.25, -0.2) is 9.97 Å². The molecule has 1 aromatic rings. The topological polar surface area (TPSA) is 93.9 Å². The summed E-state index contributed by atoms with van der Waals surface area (Å²) in [6.07, 6.45) is 4.12. The average Bonchev–Trinajstić information content (AvgIpc) is 3.21. The summed E-state index contributed by atoms with van der Waals surface area (Å²) >= 11 is 1.49. The van der Waals surface area contributed by atoms with E-state index in [9.17, 15) is 10.1 Å². The molecule has 0 spiro atoms. The fourth-order valence-electron chi connectivity index (χ4n) is 2.72. The van der Waals surface area contributed by atoms with Gasteiger partial charge in [0.1, 0.15) is 11.6 Å². The molecular weight excluding hydrogens is 336 g/mol. The molecule has 1 saturated heterocycles. The van der Waals surface area contributed by atoms with E-state index >= 15 is 0 Å². The van der Waals surface area contributed by atoms with Gasteiger partial charge >= 0.3 is 0 Å². The molecule has 1 aromatic heterocycles. The summed E-state index contributed by atoms with van der Waals surface area (Å²) in [5.41, 5.74) is 2.11. The first kappa shape index (κ1) is 17.3. The highest BCUT2D eigenvalue weighted by Gasteiger charge is 2.19. The molecule has 7 nitrogen and oxygen atoms in total. The zero-order valence-electron chi connectivity index (χ0n) is 14.1. The van der Waals surface area contributed by atoms with E-state index in [4.69, 9.17) is 0 Å². The van der Waals surface area contributed by atoms with Gasteiger partial charge in [-0.3, -0.25) is 4.79 Å². The second-order valence-corrected chi connectivity index (χ2v) is 6.77. The van der Waals surface area contributed by atoms with Crippen LogP contribution in [0.25, 0.3) is 5.57 Å². The van der Waals surface area contributed by atoms with E-state index in [1.165, 1.54) is 11.8 Å². The zero-order chi connectivity index (χ0) is 17.6. The Balaban J connectivity index is 1.58. The van der Waals surface area contributed by atoms with Crippen LogP contribution in [0.5, 0.6) is 0 Å². The number of thioether (sulfide) groups is 1. The Morgan fingerprint density at radius 1 is 1.56 bits per heavy atom. The lowest BCUT2D eigenvalue weighted by Crippen LogP contribution is -2.27. The number of rotatable bonds is 6. The molecule has 25 heavy (non-hydrogen) atoms. The first-order valence-corrected chi connectivity index (χ1v) is 9.15. The average molecular weight is 356 g/mol. The first-order valence-electron chi connectivity index (χ1n) is 8.27. The van der Waals surface area contributed by atoms with Gasteiger partial charge in [-0.15, -0.1) is 0 Å². The third-order valence-corrected chi connectivity index (χ3v) is 4.99. The Labute approximate surface area is 151 Å². The quantitative estimate of drug-likeness (QED) is 0.596. The van der Waals surface area contributed by atoms with Crippen LogP contribution < -0.4 is 10.6 Å². The molecule has 2 aliphatic heterocycles. The summed E-state index contributed by atoms with van der Waals surface area (Å²) in [5, 5.41) is 18.6. The lowest BCUT2D eigenvalue weighted by atomic mass is 10.2. The number of aromatic nitrogens is 2. The van der Waals surface area contributed by atoms with Gasteiger partial charge in [0.05, 0.1) is 10.7 Å². The minimum atomic E-state index is 0.244. The number of nitrogens with one attached hydrogen (secondary N) is 2. The number of likely N-dealkylation sites (tertiary alicyclic amines) is 1. The third kappa shape index (κ3) is 4.31. The molecule has 0 bridgehead atoms. The molecule has 8 heteroatoms. The van der Waals surface area contributed by atoms with E-state index in [1.807, 2.05) is 17.2 Å². The zero-order valence-corrected chi connectivity index (χ0v) is 14.9. The van der Waals surface area contributed by atoms with E-state index in [0.29, 0.717) is 30.2 Å². The van der Waals surface area contributed by atoms with Crippen molar-refractivity contribution in [2.75, 3.05) is 25.0 Å². The largest absolute Gasteiger partial charge is 0.354 e. The number of anilines is 1. The van der Waals surface area contributed by atoms with Crippen molar-refractivity contribution < 1.29 is 4.79 Å². The summed E-state index contributed by atoms with van der Waals surface area (Å²) in [6.45, 7) is 4.25. The van der Waals surface area contributed by atoms with Crippen LogP contribution in [-0.2, 0) is 4.79 Å². The number of amides is 1. The second-order valence-electron chi connectivity index (χ2n) is 5.89. The molecule has 0 aromatic carbocycles. The van der Waals surface area contributed by atoms with Crippen molar-refractivity contribution in [3.63, 3.8) is 0 Å². The van der Waals surface area contributed by atoms with Gasteiger partial charge in [0.15, 0.2) is 0 Å². The summed E-state index contributed by atoms with van der Waals surface area (Å²) in [6, 6.07) is 3.95. The molecule has 2 aliphatic rings.